The number of nitrogens with zero attached hydrogens (tertiary/aromatic N) is 2. The Labute approximate surface area is 191 Å². The highest BCUT2D eigenvalue weighted by Crippen LogP contribution is 2.35. The quantitative estimate of drug-likeness (QED) is 0.316. The van der Waals surface area contributed by atoms with Crippen molar-refractivity contribution in [3.05, 3.63) is 75.8 Å². The van der Waals surface area contributed by atoms with Gasteiger partial charge in [-0.15, -0.1) is 11.8 Å². The maximum atomic E-state index is 13.1. The molecule has 3 rings (SSSR count). The Hall–Kier alpha value is -3.26. The van der Waals surface area contributed by atoms with Crippen molar-refractivity contribution >= 4 is 35.3 Å². The smallest absolute Gasteiger partial charge is 0.341 e. The summed E-state index contributed by atoms with van der Waals surface area (Å²) < 4.78 is 12.0. The third-order valence-corrected chi connectivity index (χ3v) is 5.64. The molecule has 0 saturated carbocycles. The van der Waals surface area contributed by atoms with Gasteiger partial charge in [0.25, 0.3) is 0 Å². The normalized spacial score (nSPS) is 13.3. The van der Waals surface area contributed by atoms with E-state index in [2.05, 4.69) is 0 Å². The van der Waals surface area contributed by atoms with E-state index in [1.54, 1.807) is 37.5 Å². The zero-order valence-corrected chi connectivity index (χ0v) is 19.2. The first-order valence-corrected chi connectivity index (χ1v) is 11.4. The molecule has 0 radical (unpaired) electrons. The van der Waals surface area contributed by atoms with E-state index in [9.17, 15) is 14.4 Å². The first-order chi connectivity index (χ1) is 15.5. The molecule has 0 fully saturated rings. The molecule has 0 saturated heterocycles. The number of ether oxygens (including phenoxy) is 2. The summed E-state index contributed by atoms with van der Waals surface area (Å²) in [4.78, 5) is 39.2. The Bertz CT molecular complexity index is 1060. The van der Waals surface area contributed by atoms with Crippen molar-refractivity contribution in [3.8, 4) is 0 Å². The van der Waals surface area contributed by atoms with Crippen molar-refractivity contribution in [1.29, 1.82) is 0 Å². The number of carbonyl (C=O) groups excluding carboxylic acids is 3. The van der Waals surface area contributed by atoms with E-state index in [-0.39, 0.29) is 12.4 Å². The third kappa shape index (κ3) is 5.13. The van der Waals surface area contributed by atoms with Crippen LogP contribution in [-0.2, 0) is 20.8 Å². The lowest BCUT2D eigenvalue weighted by atomic mass is 10.1. The van der Waals surface area contributed by atoms with Crippen LogP contribution < -0.4 is 4.90 Å². The fraction of sp³-hybridized carbons (Fsp3) is 0.292. The molecule has 0 atom stereocenters. The summed E-state index contributed by atoms with van der Waals surface area (Å²) in [5.41, 5.74) is 2.26. The summed E-state index contributed by atoms with van der Waals surface area (Å²) in [6.07, 6.45) is 1.37. The monoisotopic (exact) mass is 454 g/mol. The Morgan fingerprint density at radius 3 is 2.47 bits per heavy atom. The second kappa shape index (κ2) is 10.9. The maximum Gasteiger partial charge on any atom is 0.341 e. The molecule has 1 aromatic heterocycles. The molecule has 2 heterocycles. The van der Waals surface area contributed by atoms with E-state index >= 15 is 0 Å². The Morgan fingerprint density at radius 1 is 1.06 bits per heavy atom. The number of aromatic nitrogens is 1. The van der Waals surface area contributed by atoms with Crippen LogP contribution >= 0.6 is 11.8 Å². The molecule has 0 spiro atoms. The van der Waals surface area contributed by atoms with Crippen LogP contribution in [0.5, 0.6) is 0 Å². The fourth-order valence-corrected chi connectivity index (χ4v) is 4.07. The molecule has 2 aromatic rings. The van der Waals surface area contributed by atoms with E-state index in [1.807, 2.05) is 40.0 Å². The third-order valence-electron chi connectivity index (χ3n) is 4.87. The number of esters is 2. The molecular formula is C24H26N2O5S. The fourth-order valence-electron chi connectivity index (χ4n) is 3.48. The number of allylic oxidation sites excluding steroid dienone is 1. The molecular weight excluding hydrogens is 428 g/mol. The zero-order valence-electron chi connectivity index (χ0n) is 18.4. The number of hydrogen-bond acceptors (Lipinski definition) is 7. The molecule has 0 N–H and O–H groups in total. The second-order valence-electron chi connectivity index (χ2n) is 6.94. The molecule has 1 aliphatic heterocycles. The van der Waals surface area contributed by atoms with Crippen LogP contribution in [0.2, 0.25) is 0 Å². The van der Waals surface area contributed by atoms with Crippen LogP contribution in [0.15, 0.2) is 59.0 Å². The topological polar surface area (TPSA) is 77.8 Å². The number of fused-ring (bicyclic) bond motifs is 1. The number of hydrogen-bond donors (Lipinski definition) is 0. The summed E-state index contributed by atoms with van der Waals surface area (Å²) in [5, 5.41) is 3.53. The zero-order chi connectivity index (χ0) is 23.1. The minimum Gasteiger partial charge on any atom is -0.463 e. The molecule has 1 aliphatic rings. The number of ketones is 1. The van der Waals surface area contributed by atoms with Gasteiger partial charge in [-0.05, 0) is 37.7 Å². The lowest BCUT2D eigenvalue weighted by Gasteiger charge is -2.19. The maximum absolute atomic E-state index is 13.1. The van der Waals surface area contributed by atoms with Gasteiger partial charge in [0.05, 0.1) is 18.9 Å². The molecule has 168 valence electrons. The van der Waals surface area contributed by atoms with Gasteiger partial charge in [0.1, 0.15) is 11.4 Å². The minimum atomic E-state index is -0.460. The van der Waals surface area contributed by atoms with Crippen LogP contribution in [0, 0.1) is 0 Å². The van der Waals surface area contributed by atoms with Gasteiger partial charge >= 0.3 is 11.9 Å². The van der Waals surface area contributed by atoms with Crippen LogP contribution in [-0.4, -0.2) is 42.0 Å². The summed E-state index contributed by atoms with van der Waals surface area (Å²) in [6, 6.07) is 10.6. The molecule has 0 unspecified atom stereocenters. The number of anilines is 1. The highest BCUT2D eigenvalue weighted by molar-refractivity contribution is 8.04. The van der Waals surface area contributed by atoms with E-state index in [4.69, 9.17) is 9.47 Å². The highest BCUT2D eigenvalue weighted by atomic mass is 32.2. The molecule has 1 aromatic carbocycles. The lowest BCUT2D eigenvalue weighted by Crippen LogP contribution is -2.20. The SMILES string of the molecule is CCOC(=O)/C=C\S/C=C(\C)N1CCn2c(C(=O)c3ccccc3)cc(C(=O)OCC)c21. The Morgan fingerprint density at radius 2 is 1.78 bits per heavy atom. The van der Waals surface area contributed by atoms with Crippen molar-refractivity contribution in [3.63, 3.8) is 0 Å². The van der Waals surface area contributed by atoms with E-state index in [1.165, 1.54) is 17.8 Å². The first kappa shape index (κ1) is 23.4. The van der Waals surface area contributed by atoms with Gasteiger partial charge < -0.3 is 18.9 Å². The minimum absolute atomic E-state index is 0.141. The van der Waals surface area contributed by atoms with Gasteiger partial charge in [-0.2, -0.15) is 0 Å². The summed E-state index contributed by atoms with van der Waals surface area (Å²) >= 11 is 1.33. The van der Waals surface area contributed by atoms with Gasteiger partial charge in [-0.3, -0.25) is 4.79 Å². The van der Waals surface area contributed by atoms with Crippen molar-refractivity contribution in [2.45, 2.75) is 27.3 Å². The van der Waals surface area contributed by atoms with Crippen LogP contribution in [0.3, 0.4) is 0 Å². The number of carbonyl (C=O) groups is 3. The van der Waals surface area contributed by atoms with Crippen molar-refractivity contribution in [1.82, 2.24) is 4.57 Å². The van der Waals surface area contributed by atoms with E-state index in [0.717, 1.165) is 5.70 Å². The summed E-state index contributed by atoms with van der Waals surface area (Å²) in [7, 11) is 0. The number of benzene rings is 1. The average molecular weight is 455 g/mol. The van der Waals surface area contributed by atoms with Gasteiger partial charge in [0.2, 0.25) is 5.78 Å². The lowest BCUT2D eigenvalue weighted by molar-refractivity contribution is -0.137. The van der Waals surface area contributed by atoms with Crippen LogP contribution in [0.1, 0.15) is 47.2 Å². The van der Waals surface area contributed by atoms with Crippen molar-refractivity contribution < 1.29 is 23.9 Å². The predicted octanol–water partition coefficient (Wildman–Crippen LogP) is 4.39. The standard InChI is InChI=1S/C24H26N2O5S/c1-4-30-21(27)11-14-32-16-17(3)25-12-13-26-20(22(28)18-9-7-6-8-10-18)15-19(23(25)26)24(29)31-5-2/h6-11,14-16H,4-5,12-13H2,1-3H3/b14-11-,17-16+. The van der Waals surface area contributed by atoms with Crippen LogP contribution in [0.4, 0.5) is 5.82 Å². The molecule has 7 nitrogen and oxygen atoms in total. The van der Waals surface area contributed by atoms with Gasteiger partial charge in [-0.25, -0.2) is 9.59 Å². The Balaban J connectivity index is 1.91. The molecule has 32 heavy (non-hydrogen) atoms. The van der Waals surface area contributed by atoms with E-state index < -0.39 is 11.9 Å². The van der Waals surface area contributed by atoms with Crippen molar-refractivity contribution in [2.75, 3.05) is 24.7 Å². The van der Waals surface area contributed by atoms with Gasteiger partial charge in [0, 0.05) is 30.4 Å². The second-order valence-corrected chi connectivity index (χ2v) is 7.72. The molecule has 8 heteroatoms. The first-order valence-electron chi connectivity index (χ1n) is 10.4. The van der Waals surface area contributed by atoms with Crippen molar-refractivity contribution in [2.24, 2.45) is 0 Å². The summed E-state index contributed by atoms with van der Waals surface area (Å²) in [5.74, 6) is -0.350. The number of thioether (sulfide) groups is 1. The Kier molecular flexibility index (Phi) is 7.94. The summed E-state index contributed by atoms with van der Waals surface area (Å²) in [6.45, 7) is 7.17. The highest BCUT2D eigenvalue weighted by Gasteiger charge is 2.33. The van der Waals surface area contributed by atoms with Gasteiger partial charge in [0.15, 0.2) is 0 Å². The largest absolute Gasteiger partial charge is 0.463 e. The molecule has 0 bridgehead atoms. The van der Waals surface area contributed by atoms with E-state index in [0.29, 0.717) is 42.3 Å². The van der Waals surface area contributed by atoms with Crippen LogP contribution in [0.25, 0.3) is 0 Å². The average Bonchev–Trinajstić information content (AvgIpc) is 3.38. The molecule has 0 aliphatic carbocycles. The van der Waals surface area contributed by atoms with Gasteiger partial charge in [-0.1, -0.05) is 30.3 Å². The number of rotatable bonds is 9. The predicted molar refractivity (Wildman–Crippen MR) is 125 cm³/mol. The molecule has 0 amide bonds.